The zero-order valence-electron chi connectivity index (χ0n) is 11.5. The van der Waals surface area contributed by atoms with Gasteiger partial charge >= 0.3 is 12.0 Å². The van der Waals surface area contributed by atoms with E-state index in [1.807, 2.05) is 19.1 Å². The van der Waals surface area contributed by atoms with Crippen molar-refractivity contribution in [2.45, 2.75) is 26.3 Å². The molecule has 20 heavy (non-hydrogen) atoms. The average Bonchev–Trinajstić information content (AvgIpc) is 2.46. The number of rotatable bonds is 3. The fraction of sp³-hybridized carbons (Fsp3) is 0.500. The van der Waals surface area contributed by atoms with Crippen LogP contribution < -0.4 is 5.32 Å². The van der Waals surface area contributed by atoms with E-state index in [-0.39, 0.29) is 12.6 Å². The number of pyridine rings is 1. The normalized spacial score (nSPS) is 18.6. The van der Waals surface area contributed by atoms with Crippen LogP contribution in [-0.4, -0.2) is 40.1 Å². The van der Waals surface area contributed by atoms with Gasteiger partial charge in [0.1, 0.15) is 0 Å². The SMILES string of the molecule is Cc1cccnc1CNC(=O)N1CCC[C@@H](C(=O)O)C1. The fourth-order valence-corrected chi connectivity index (χ4v) is 2.34. The number of carbonyl (C=O) groups excluding carboxylic acids is 1. The molecule has 1 aromatic heterocycles. The highest BCUT2D eigenvalue weighted by molar-refractivity contribution is 5.76. The van der Waals surface area contributed by atoms with Crippen LogP contribution in [0.1, 0.15) is 24.1 Å². The van der Waals surface area contributed by atoms with Gasteiger partial charge in [-0.3, -0.25) is 9.78 Å². The Morgan fingerprint density at radius 3 is 3.05 bits per heavy atom. The zero-order valence-corrected chi connectivity index (χ0v) is 11.5. The first-order chi connectivity index (χ1) is 9.58. The lowest BCUT2D eigenvalue weighted by Gasteiger charge is -2.30. The van der Waals surface area contributed by atoms with Crippen LogP contribution in [0, 0.1) is 12.8 Å². The molecule has 6 heteroatoms. The summed E-state index contributed by atoms with van der Waals surface area (Å²) in [5, 5.41) is 11.8. The first-order valence-electron chi connectivity index (χ1n) is 6.74. The van der Waals surface area contributed by atoms with Crippen LogP contribution in [0.3, 0.4) is 0 Å². The van der Waals surface area contributed by atoms with Crippen LogP contribution in [0.15, 0.2) is 18.3 Å². The van der Waals surface area contributed by atoms with Gasteiger partial charge in [0.15, 0.2) is 0 Å². The Labute approximate surface area is 117 Å². The summed E-state index contributed by atoms with van der Waals surface area (Å²) in [7, 11) is 0. The summed E-state index contributed by atoms with van der Waals surface area (Å²) < 4.78 is 0. The predicted molar refractivity (Wildman–Crippen MR) is 73.1 cm³/mol. The maximum atomic E-state index is 12.0. The van der Waals surface area contributed by atoms with E-state index in [1.54, 1.807) is 11.1 Å². The van der Waals surface area contributed by atoms with Crippen LogP contribution in [0.4, 0.5) is 4.79 Å². The number of urea groups is 1. The molecule has 1 aromatic rings. The molecule has 1 aliphatic rings. The van der Waals surface area contributed by atoms with Crippen molar-refractivity contribution in [2.24, 2.45) is 5.92 Å². The number of hydrogen-bond donors (Lipinski definition) is 2. The summed E-state index contributed by atoms with van der Waals surface area (Å²) in [4.78, 5) is 28.8. The largest absolute Gasteiger partial charge is 0.481 e. The van der Waals surface area contributed by atoms with E-state index in [0.717, 1.165) is 17.7 Å². The highest BCUT2D eigenvalue weighted by Crippen LogP contribution is 2.16. The van der Waals surface area contributed by atoms with Crippen molar-refractivity contribution >= 4 is 12.0 Å². The van der Waals surface area contributed by atoms with Gasteiger partial charge in [0, 0.05) is 19.3 Å². The predicted octanol–water partition coefficient (Wildman–Crippen LogP) is 1.40. The van der Waals surface area contributed by atoms with Gasteiger partial charge in [-0.05, 0) is 31.4 Å². The van der Waals surface area contributed by atoms with Gasteiger partial charge in [-0.25, -0.2) is 4.79 Å². The fourth-order valence-electron chi connectivity index (χ4n) is 2.34. The molecule has 0 aliphatic carbocycles. The van der Waals surface area contributed by atoms with Gasteiger partial charge in [0.25, 0.3) is 0 Å². The van der Waals surface area contributed by atoms with E-state index < -0.39 is 11.9 Å². The molecule has 6 nitrogen and oxygen atoms in total. The van der Waals surface area contributed by atoms with Gasteiger partial charge in [0.2, 0.25) is 0 Å². The molecule has 0 bridgehead atoms. The quantitative estimate of drug-likeness (QED) is 0.874. The minimum atomic E-state index is -0.830. The Bertz CT molecular complexity index is 504. The summed E-state index contributed by atoms with van der Waals surface area (Å²) in [6, 6.07) is 3.57. The smallest absolute Gasteiger partial charge is 0.317 e. The molecule has 0 unspecified atom stereocenters. The number of hydrogen-bond acceptors (Lipinski definition) is 3. The Morgan fingerprint density at radius 2 is 2.35 bits per heavy atom. The van der Waals surface area contributed by atoms with Gasteiger partial charge in [0.05, 0.1) is 18.2 Å². The van der Waals surface area contributed by atoms with Gasteiger partial charge < -0.3 is 15.3 Å². The molecule has 0 saturated carbocycles. The Morgan fingerprint density at radius 1 is 1.55 bits per heavy atom. The first-order valence-corrected chi connectivity index (χ1v) is 6.74. The Balaban J connectivity index is 1.89. The van der Waals surface area contributed by atoms with Crippen molar-refractivity contribution in [1.29, 1.82) is 0 Å². The third-order valence-electron chi connectivity index (χ3n) is 3.58. The molecular weight excluding hydrogens is 258 g/mol. The number of amides is 2. The lowest BCUT2D eigenvalue weighted by atomic mass is 9.99. The van der Waals surface area contributed by atoms with Crippen LogP contribution >= 0.6 is 0 Å². The lowest BCUT2D eigenvalue weighted by Crippen LogP contribution is -2.46. The number of carboxylic acids is 1. The molecule has 1 fully saturated rings. The molecule has 1 aliphatic heterocycles. The van der Waals surface area contributed by atoms with Crippen molar-refractivity contribution in [3.8, 4) is 0 Å². The summed E-state index contributed by atoms with van der Waals surface area (Å²) in [5.74, 6) is -1.28. The molecule has 2 amide bonds. The van der Waals surface area contributed by atoms with Crippen LogP contribution in [0.2, 0.25) is 0 Å². The molecule has 1 saturated heterocycles. The highest BCUT2D eigenvalue weighted by Gasteiger charge is 2.27. The topological polar surface area (TPSA) is 82.5 Å². The first kappa shape index (κ1) is 14.3. The van der Waals surface area contributed by atoms with Gasteiger partial charge in [-0.2, -0.15) is 0 Å². The van der Waals surface area contributed by atoms with Crippen molar-refractivity contribution in [3.63, 3.8) is 0 Å². The van der Waals surface area contributed by atoms with Crippen molar-refractivity contribution in [3.05, 3.63) is 29.6 Å². The van der Waals surface area contributed by atoms with E-state index in [9.17, 15) is 9.59 Å². The second kappa shape index (κ2) is 6.36. The maximum absolute atomic E-state index is 12.0. The number of aryl methyl sites for hydroxylation is 1. The molecule has 2 rings (SSSR count). The number of carboxylic acid groups (broad SMARTS) is 1. The number of piperidine rings is 1. The second-order valence-corrected chi connectivity index (χ2v) is 5.05. The maximum Gasteiger partial charge on any atom is 0.317 e. The van der Waals surface area contributed by atoms with Crippen molar-refractivity contribution in [1.82, 2.24) is 15.2 Å². The molecule has 1 atom stereocenters. The van der Waals surface area contributed by atoms with E-state index in [0.29, 0.717) is 19.5 Å². The minimum absolute atomic E-state index is 0.221. The van der Waals surface area contributed by atoms with E-state index in [1.165, 1.54) is 0 Å². The van der Waals surface area contributed by atoms with Crippen LogP contribution in [0.5, 0.6) is 0 Å². The lowest BCUT2D eigenvalue weighted by molar-refractivity contribution is -0.143. The Hall–Kier alpha value is -2.11. The molecule has 0 radical (unpaired) electrons. The summed E-state index contributed by atoms with van der Waals surface area (Å²) >= 11 is 0. The zero-order chi connectivity index (χ0) is 14.5. The average molecular weight is 277 g/mol. The molecule has 0 spiro atoms. The van der Waals surface area contributed by atoms with Crippen LogP contribution in [-0.2, 0) is 11.3 Å². The minimum Gasteiger partial charge on any atom is -0.481 e. The third kappa shape index (κ3) is 3.46. The number of aliphatic carboxylic acids is 1. The molecule has 0 aromatic carbocycles. The molecule has 2 heterocycles. The third-order valence-corrected chi connectivity index (χ3v) is 3.58. The highest BCUT2D eigenvalue weighted by atomic mass is 16.4. The number of carbonyl (C=O) groups is 2. The molecular formula is C14H19N3O3. The summed E-state index contributed by atoms with van der Waals surface area (Å²) in [6.45, 7) is 3.19. The number of nitrogens with zero attached hydrogens (tertiary/aromatic N) is 2. The van der Waals surface area contributed by atoms with Gasteiger partial charge in [-0.1, -0.05) is 6.07 Å². The molecule has 2 N–H and O–H groups in total. The van der Waals surface area contributed by atoms with E-state index >= 15 is 0 Å². The standard InChI is InChI=1S/C14H19N3O3/c1-10-4-2-6-15-12(10)8-16-14(20)17-7-3-5-11(9-17)13(18)19/h2,4,6,11H,3,5,7-9H2,1H3,(H,16,20)(H,18,19)/t11-/m1/s1. The monoisotopic (exact) mass is 277 g/mol. The Kier molecular flexibility index (Phi) is 4.55. The van der Waals surface area contributed by atoms with Crippen molar-refractivity contribution in [2.75, 3.05) is 13.1 Å². The van der Waals surface area contributed by atoms with Crippen molar-refractivity contribution < 1.29 is 14.7 Å². The molecule has 108 valence electrons. The van der Waals surface area contributed by atoms with Crippen LogP contribution in [0.25, 0.3) is 0 Å². The van der Waals surface area contributed by atoms with E-state index in [2.05, 4.69) is 10.3 Å². The summed E-state index contributed by atoms with van der Waals surface area (Å²) in [6.07, 6.45) is 3.06. The van der Waals surface area contributed by atoms with E-state index in [4.69, 9.17) is 5.11 Å². The number of aromatic nitrogens is 1. The summed E-state index contributed by atoms with van der Waals surface area (Å²) in [5.41, 5.74) is 1.85. The number of likely N-dealkylation sites (tertiary alicyclic amines) is 1. The van der Waals surface area contributed by atoms with Gasteiger partial charge in [-0.15, -0.1) is 0 Å². The second-order valence-electron chi connectivity index (χ2n) is 5.05. The number of nitrogens with one attached hydrogen (secondary N) is 1.